The minimum Gasteiger partial charge on any atom is -0.272 e. The number of nitrogens with one attached hydrogen (secondary N) is 2. The Morgan fingerprint density at radius 1 is 1.33 bits per heavy atom. The highest BCUT2D eigenvalue weighted by Gasteiger charge is 2.03. The van der Waals surface area contributed by atoms with Crippen LogP contribution >= 0.6 is 28.1 Å². The zero-order valence-electron chi connectivity index (χ0n) is 7.66. The van der Waals surface area contributed by atoms with Gasteiger partial charge < -0.3 is 0 Å². The van der Waals surface area contributed by atoms with Crippen LogP contribution in [0.25, 0.3) is 0 Å². The molecule has 0 aliphatic heterocycles. The van der Waals surface area contributed by atoms with Crippen molar-refractivity contribution in [2.75, 3.05) is 0 Å². The van der Waals surface area contributed by atoms with Crippen molar-refractivity contribution in [2.24, 2.45) is 0 Å². The third-order valence-electron chi connectivity index (χ3n) is 2.05. The minimum atomic E-state index is -0.226. The summed E-state index contributed by atoms with van der Waals surface area (Å²) < 4.78 is 2.83. The van der Waals surface area contributed by atoms with Gasteiger partial charge in [-0.05, 0) is 23.8 Å². The number of aromatic amines is 2. The zero-order chi connectivity index (χ0) is 10.8. The summed E-state index contributed by atoms with van der Waals surface area (Å²) in [7, 11) is 0. The quantitative estimate of drug-likeness (QED) is 0.830. The number of nitrogens with zero attached hydrogens (tertiary/aromatic N) is 1. The molecule has 78 valence electrons. The van der Waals surface area contributed by atoms with Crippen molar-refractivity contribution in [1.29, 1.82) is 0 Å². The maximum atomic E-state index is 11.3. The Hall–Kier alpha value is -1.14. The summed E-state index contributed by atoms with van der Waals surface area (Å²) in [5.41, 5.74) is 0.787. The zero-order valence-corrected chi connectivity index (χ0v) is 10.1. The van der Waals surface area contributed by atoms with Gasteiger partial charge in [0.05, 0.1) is 6.54 Å². The van der Waals surface area contributed by atoms with Crippen LogP contribution in [-0.4, -0.2) is 14.8 Å². The molecule has 0 amide bonds. The fourth-order valence-electron chi connectivity index (χ4n) is 1.27. The lowest BCUT2D eigenvalue weighted by atomic mass is 10.2. The third kappa shape index (κ3) is 2.10. The topological polar surface area (TPSA) is 53.6 Å². The van der Waals surface area contributed by atoms with Crippen LogP contribution in [0.15, 0.2) is 33.5 Å². The Kier molecular flexibility index (Phi) is 2.88. The van der Waals surface area contributed by atoms with E-state index in [0.29, 0.717) is 11.3 Å². The molecule has 0 bridgehead atoms. The third-order valence-corrected chi connectivity index (χ3v) is 3.15. The number of hydrogen-bond donors (Lipinski definition) is 2. The molecule has 0 unspecified atom stereocenters. The highest BCUT2D eigenvalue weighted by atomic mass is 79.9. The molecule has 6 heteroatoms. The molecular formula is C9H8BrN3OS. The first kappa shape index (κ1) is 10.4. The summed E-state index contributed by atoms with van der Waals surface area (Å²) >= 11 is 8.40. The predicted molar refractivity (Wildman–Crippen MR) is 63.5 cm³/mol. The summed E-state index contributed by atoms with van der Waals surface area (Å²) in [5, 5.41) is 5.04. The minimum absolute atomic E-state index is 0.226. The summed E-state index contributed by atoms with van der Waals surface area (Å²) in [6.45, 7) is 0.457. The van der Waals surface area contributed by atoms with E-state index in [1.165, 1.54) is 4.57 Å². The van der Waals surface area contributed by atoms with E-state index in [2.05, 4.69) is 26.1 Å². The first-order chi connectivity index (χ1) is 7.18. The van der Waals surface area contributed by atoms with Gasteiger partial charge in [-0.3, -0.25) is 9.67 Å². The molecule has 0 aliphatic rings. The van der Waals surface area contributed by atoms with Crippen molar-refractivity contribution in [3.63, 3.8) is 0 Å². The number of rotatable bonds is 2. The molecule has 0 atom stereocenters. The molecule has 0 saturated carbocycles. The van der Waals surface area contributed by atoms with Crippen molar-refractivity contribution < 1.29 is 0 Å². The van der Waals surface area contributed by atoms with Crippen molar-refractivity contribution >= 4 is 28.1 Å². The molecule has 2 aromatic rings. The van der Waals surface area contributed by atoms with Crippen LogP contribution in [-0.2, 0) is 6.54 Å². The van der Waals surface area contributed by atoms with Crippen LogP contribution in [0.3, 0.4) is 0 Å². The van der Waals surface area contributed by atoms with Gasteiger partial charge in [0.25, 0.3) is 0 Å². The van der Waals surface area contributed by atoms with E-state index in [1.54, 1.807) is 0 Å². The van der Waals surface area contributed by atoms with Crippen molar-refractivity contribution in [3.05, 3.63) is 49.6 Å². The fourth-order valence-corrected chi connectivity index (χ4v) is 1.88. The number of halogens is 1. The van der Waals surface area contributed by atoms with Crippen LogP contribution in [0.5, 0.6) is 0 Å². The average molecular weight is 286 g/mol. The second kappa shape index (κ2) is 4.16. The maximum absolute atomic E-state index is 11.3. The van der Waals surface area contributed by atoms with Gasteiger partial charge >= 0.3 is 5.69 Å². The van der Waals surface area contributed by atoms with E-state index in [4.69, 9.17) is 12.2 Å². The van der Waals surface area contributed by atoms with E-state index in [0.717, 1.165) is 10.0 Å². The molecule has 0 aliphatic carbocycles. The predicted octanol–water partition coefficient (Wildman–Crippen LogP) is 2.04. The van der Waals surface area contributed by atoms with Gasteiger partial charge in [0.15, 0.2) is 4.77 Å². The Balaban J connectivity index is 2.42. The average Bonchev–Trinajstić information content (AvgIpc) is 2.53. The monoisotopic (exact) mass is 285 g/mol. The summed E-state index contributed by atoms with van der Waals surface area (Å²) in [6.07, 6.45) is 0. The van der Waals surface area contributed by atoms with E-state index in [1.807, 2.05) is 24.3 Å². The van der Waals surface area contributed by atoms with E-state index in [9.17, 15) is 4.79 Å². The molecule has 4 nitrogen and oxygen atoms in total. The molecule has 0 fully saturated rings. The lowest BCUT2D eigenvalue weighted by Crippen LogP contribution is -2.17. The highest BCUT2D eigenvalue weighted by Crippen LogP contribution is 2.16. The number of H-pyrrole nitrogens is 2. The van der Waals surface area contributed by atoms with Crippen LogP contribution < -0.4 is 5.69 Å². The van der Waals surface area contributed by atoms with Crippen LogP contribution in [0.4, 0.5) is 0 Å². The molecule has 0 spiro atoms. The first-order valence-electron chi connectivity index (χ1n) is 4.29. The van der Waals surface area contributed by atoms with Crippen molar-refractivity contribution in [2.45, 2.75) is 6.54 Å². The standard InChI is InChI=1S/C9H8BrN3OS/c10-7-4-2-1-3-6(7)5-13-8(14)11-12-9(13)15/h1-4H,5H2,(H,11,14)(H,12,15). The van der Waals surface area contributed by atoms with Gasteiger partial charge in [0.2, 0.25) is 0 Å². The smallest absolute Gasteiger partial charge is 0.272 e. The molecule has 0 radical (unpaired) electrons. The van der Waals surface area contributed by atoms with E-state index >= 15 is 0 Å². The lowest BCUT2D eigenvalue weighted by Gasteiger charge is -2.03. The number of benzene rings is 1. The molecule has 1 aromatic heterocycles. The maximum Gasteiger partial charge on any atom is 0.342 e. The Morgan fingerprint density at radius 3 is 2.67 bits per heavy atom. The van der Waals surface area contributed by atoms with Gasteiger partial charge in [0.1, 0.15) is 0 Å². The molecule has 0 saturated heterocycles. The van der Waals surface area contributed by atoms with Crippen LogP contribution in [0.1, 0.15) is 5.56 Å². The van der Waals surface area contributed by atoms with E-state index in [-0.39, 0.29) is 5.69 Å². The van der Waals surface area contributed by atoms with Gasteiger partial charge in [-0.2, -0.15) is 0 Å². The Bertz CT molecular complexity index is 556. The van der Waals surface area contributed by atoms with E-state index < -0.39 is 0 Å². The molecule has 15 heavy (non-hydrogen) atoms. The highest BCUT2D eigenvalue weighted by molar-refractivity contribution is 9.10. The largest absolute Gasteiger partial charge is 0.342 e. The first-order valence-corrected chi connectivity index (χ1v) is 5.49. The molecular weight excluding hydrogens is 278 g/mol. The van der Waals surface area contributed by atoms with Gasteiger partial charge in [-0.25, -0.2) is 9.89 Å². The van der Waals surface area contributed by atoms with Crippen LogP contribution in [0, 0.1) is 4.77 Å². The number of hydrogen-bond acceptors (Lipinski definition) is 2. The molecule has 1 aromatic carbocycles. The van der Waals surface area contributed by atoms with Crippen LogP contribution in [0.2, 0.25) is 0 Å². The molecule has 2 N–H and O–H groups in total. The summed E-state index contributed by atoms with van der Waals surface area (Å²) in [5.74, 6) is 0. The normalized spacial score (nSPS) is 10.5. The lowest BCUT2D eigenvalue weighted by molar-refractivity contribution is 0.748. The molecule has 1 heterocycles. The molecule has 2 rings (SSSR count). The summed E-state index contributed by atoms with van der Waals surface area (Å²) in [6, 6.07) is 7.72. The SMILES string of the molecule is O=c1[nH][nH]c(=S)n1Cc1ccccc1Br. The van der Waals surface area contributed by atoms with Gasteiger partial charge in [-0.15, -0.1) is 0 Å². The second-order valence-electron chi connectivity index (χ2n) is 3.04. The number of aromatic nitrogens is 3. The van der Waals surface area contributed by atoms with Gasteiger partial charge in [0, 0.05) is 4.47 Å². The van der Waals surface area contributed by atoms with Crippen molar-refractivity contribution in [1.82, 2.24) is 14.8 Å². The summed E-state index contributed by atoms with van der Waals surface area (Å²) in [4.78, 5) is 11.3. The Labute approximate surface area is 99.1 Å². The van der Waals surface area contributed by atoms with Gasteiger partial charge in [-0.1, -0.05) is 34.1 Å². The Morgan fingerprint density at radius 2 is 2.07 bits per heavy atom. The second-order valence-corrected chi connectivity index (χ2v) is 4.28. The van der Waals surface area contributed by atoms with Crippen molar-refractivity contribution in [3.8, 4) is 0 Å². The fraction of sp³-hybridized carbons (Fsp3) is 0.111.